The molecule has 34 heavy (non-hydrogen) atoms. The van der Waals surface area contributed by atoms with Gasteiger partial charge in [0, 0.05) is 28.0 Å². The first-order valence-corrected chi connectivity index (χ1v) is 11.3. The Labute approximate surface area is 195 Å². The van der Waals surface area contributed by atoms with Crippen molar-refractivity contribution in [3.8, 4) is 34.5 Å². The zero-order valence-electron chi connectivity index (χ0n) is 18.0. The number of hydrogen-bond donors (Lipinski definition) is 0. The maximum Gasteiger partial charge on any atom is 0.438 e. The summed E-state index contributed by atoms with van der Waals surface area (Å²) in [5.74, 6) is 2.74. The Kier molecular flexibility index (Phi) is 3.42. The van der Waals surface area contributed by atoms with Gasteiger partial charge in [0.1, 0.15) is 11.5 Å². The van der Waals surface area contributed by atoms with Gasteiger partial charge >= 0.3 is 6.92 Å². The minimum atomic E-state index is -0.308. The molecule has 4 heterocycles. The Morgan fingerprint density at radius 1 is 0.676 bits per heavy atom. The van der Waals surface area contributed by atoms with Crippen molar-refractivity contribution in [3.63, 3.8) is 0 Å². The van der Waals surface area contributed by atoms with Crippen LogP contribution in [0.5, 0.6) is 17.4 Å². The van der Waals surface area contributed by atoms with Crippen molar-refractivity contribution >= 4 is 39.6 Å². The van der Waals surface area contributed by atoms with Crippen LogP contribution in [0.15, 0.2) is 97.2 Å². The Morgan fingerprint density at radius 2 is 1.35 bits per heavy atom. The molecule has 0 aliphatic carbocycles. The molecule has 4 aromatic carbocycles. The first-order chi connectivity index (χ1) is 16.9. The quantitative estimate of drug-likeness (QED) is 0.346. The molecule has 2 aliphatic heterocycles. The summed E-state index contributed by atoms with van der Waals surface area (Å²) < 4.78 is 14.9. The summed E-state index contributed by atoms with van der Waals surface area (Å²) in [6.07, 6.45) is 1.85. The smallest absolute Gasteiger partial charge is 0.438 e. The number of rotatable bonds is 1. The van der Waals surface area contributed by atoms with E-state index in [1.807, 2.05) is 48.7 Å². The van der Waals surface area contributed by atoms with Gasteiger partial charge in [0.15, 0.2) is 0 Å². The van der Waals surface area contributed by atoms with Gasteiger partial charge in [-0.1, -0.05) is 66.7 Å². The second kappa shape index (κ2) is 6.48. The van der Waals surface area contributed by atoms with E-state index in [1.54, 1.807) is 0 Å². The van der Waals surface area contributed by atoms with E-state index in [-0.39, 0.29) is 6.92 Å². The van der Waals surface area contributed by atoms with Crippen LogP contribution in [0.1, 0.15) is 0 Å². The summed E-state index contributed by atoms with van der Waals surface area (Å²) in [4.78, 5) is 9.72. The van der Waals surface area contributed by atoms with E-state index in [4.69, 9.17) is 19.4 Å². The molecular weight excluding hydrogens is 421 g/mol. The lowest BCUT2D eigenvalue weighted by atomic mass is 9.51. The fraction of sp³-hybridized carbons (Fsp3) is 0. The van der Waals surface area contributed by atoms with Gasteiger partial charge in [-0.15, -0.1) is 0 Å². The third-order valence-electron chi connectivity index (χ3n) is 6.79. The van der Waals surface area contributed by atoms with E-state index in [1.165, 1.54) is 10.8 Å². The van der Waals surface area contributed by atoms with Gasteiger partial charge in [-0.3, -0.25) is 4.57 Å². The summed E-state index contributed by atoms with van der Waals surface area (Å²) in [7, 11) is 0. The third kappa shape index (κ3) is 2.29. The minimum Gasteiger partial charge on any atom is -0.551 e. The zero-order chi connectivity index (χ0) is 22.2. The highest BCUT2D eigenvalue weighted by Gasteiger charge is 2.41. The van der Waals surface area contributed by atoms with Crippen LogP contribution in [-0.4, -0.2) is 21.5 Å². The molecule has 0 bridgehead atoms. The molecule has 5 nitrogen and oxygen atoms in total. The first kappa shape index (κ1) is 17.9. The number of ether oxygens (including phenoxy) is 1. The van der Waals surface area contributed by atoms with Crippen molar-refractivity contribution in [1.29, 1.82) is 0 Å². The second-order valence-electron chi connectivity index (χ2n) is 8.61. The molecule has 6 aromatic rings. The molecule has 0 radical (unpaired) electrons. The maximum absolute atomic E-state index is 6.47. The third-order valence-corrected chi connectivity index (χ3v) is 6.79. The van der Waals surface area contributed by atoms with Gasteiger partial charge in [-0.05, 0) is 29.8 Å². The highest BCUT2D eigenvalue weighted by atomic mass is 16.5. The molecule has 0 amide bonds. The standard InChI is InChI=1S/C28H16BN3O2/c1-4-12-22-17(8-1)18-9-2-5-13-23(18)32(22)28-30-16-21-27(31-28)33-25-15-7-11-20-19-10-3-6-14-24(19)34-29(21)26(20)25/h1-16H. The van der Waals surface area contributed by atoms with Gasteiger partial charge < -0.3 is 9.39 Å². The predicted octanol–water partition coefficient (Wildman–Crippen LogP) is 4.84. The lowest BCUT2D eigenvalue weighted by Gasteiger charge is -2.31. The number of fused-ring (bicyclic) bond motifs is 7. The Morgan fingerprint density at radius 3 is 2.18 bits per heavy atom. The fourth-order valence-electron chi connectivity index (χ4n) is 5.31. The van der Waals surface area contributed by atoms with Crippen LogP contribution >= 0.6 is 0 Å². The Hall–Kier alpha value is -4.58. The first-order valence-electron chi connectivity index (χ1n) is 11.3. The van der Waals surface area contributed by atoms with E-state index in [0.29, 0.717) is 11.8 Å². The summed E-state index contributed by atoms with van der Waals surface area (Å²) in [6.45, 7) is -0.308. The van der Waals surface area contributed by atoms with Crippen LogP contribution in [0.3, 0.4) is 0 Å². The largest absolute Gasteiger partial charge is 0.551 e. The minimum absolute atomic E-state index is 0.308. The Balaban J connectivity index is 1.35. The number of benzene rings is 4. The molecule has 0 N–H and O–H groups in total. The van der Waals surface area contributed by atoms with Gasteiger partial charge in [0.25, 0.3) is 0 Å². The van der Waals surface area contributed by atoms with Crippen LogP contribution in [0.4, 0.5) is 0 Å². The van der Waals surface area contributed by atoms with Gasteiger partial charge in [0.2, 0.25) is 11.8 Å². The molecule has 0 unspecified atom stereocenters. The van der Waals surface area contributed by atoms with Crippen molar-refractivity contribution in [2.75, 3.05) is 0 Å². The van der Waals surface area contributed by atoms with E-state index in [2.05, 4.69) is 53.1 Å². The lowest BCUT2D eigenvalue weighted by Crippen LogP contribution is -2.54. The molecule has 0 fully saturated rings. The molecule has 158 valence electrons. The topological polar surface area (TPSA) is 49.2 Å². The molecule has 8 rings (SSSR count). The summed E-state index contributed by atoms with van der Waals surface area (Å²) in [5.41, 5.74) is 6.18. The summed E-state index contributed by atoms with van der Waals surface area (Å²) in [5, 5.41) is 2.34. The van der Waals surface area contributed by atoms with Gasteiger partial charge in [-0.25, -0.2) is 4.98 Å². The van der Waals surface area contributed by atoms with Gasteiger partial charge in [0.05, 0.1) is 16.5 Å². The highest BCUT2D eigenvalue weighted by Crippen LogP contribution is 2.38. The average molecular weight is 437 g/mol. The highest BCUT2D eigenvalue weighted by molar-refractivity contribution is 6.84. The van der Waals surface area contributed by atoms with Crippen molar-refractivity contribution in [1.82, 2.24) is 14.5 Å². The fourth-order valence-corrected chi connectivity index (χ4v) is 5.31. The zero-order valence-corrected chi connectivity index (χ0v) is 18.0. The Bertz CT molecular complexity index is 1740. The normalized spacial score (nSPS) is 13.1. The average Bonchev–Trinajstić information content (AvgIpc) is 3.23. The molecule has 0 atom stereocenters. The molecule has 6 heteroatoms. The van der Waals surface area contributed by atoms with Crippen molar-refractivity contribution < 1.29 is 9.39 Å². The van der Waals surface area contributed by atoms with E-state index in [0.717, 1.165) is 44.6 Å². The van der Waals surface area contributed by atoms with Crippen LogP contribution in [-0.2, 0) is 0 Å². The molecular formula is C28H16BN3O2. The molecule has 0 saturated carbocycles. The van der Waals surface area contributed by atoms with Crippen molar-refractivity contribution in [2.45, 2.75) is 0 Å². The van der Waals surface area contributed by atoms with Crippen molar-refractivity contribution in [2.24, 2.45) is 0 Å². The van der Waals surface area contributed by atoms with E-state index < -0.39 is 0 Å². The molecule has 2 aliphatic rings. The number of nitrogens with zero attached hydrogens (tertiary/aromatic N) is 3. The monoisotopic (exact) mass is 437 g/mol. The predicted molar refractivity (Wildman–Crippen MR) is 134 cm³/mol. The lowest BCUT2D eigenvalue weighted by molar-refractivity contribution is 0.459. The second-order valence-corrected chi connectivity index (χ2v) is 8.61. The van der Waals surface area contributed by atoms with E-state index >= 15 is 0 Å². The van der Waals surface area contributed by atoms with Crippen LogP contribution in [0, 0.1) is 0 Å². The van der Waals surface area contributed by atoms with E-state index in [9.17, 15) is 0 Å². The van der Waals surface area contributed by atoms with Crippen molar-refractivity contribution in [3.05, 3.63) is 97.2 Å². The van der Waals surface area contributed by atoms with Gasteiger partial charge in [-0.2, -0.15) is 4.98 Å². The molecule has 0 saturated heterocycles. The number of aromatic nitrogens is 3. The molecule has 0 spiro atoms. The summed E-state index contributed by atoms with van der Waals surface area (Å²) >= 11 is 0. The molecule has 2 aromatic heterocycles. The van der Waals surface area contributed by atoms with Crippen LogP contribution in [0.2, 0.25) is 0 Å². The number of hydrogen-bond acceptors (Lipinski definition) is 4. The van der Waals surface area contributed by atoms with Crippen LogP contribution in [0.25, 0.3) is 38.9 Å². The van der Waals surface area contributed by atoms with Crippen LogP contribution < -0.4 is 20.3 Å². The summed E-state index contributed by atoms with van der Waals surface area (Å²) in [6, 6.07) is 30.9. The number of para-hydroxylation sites is 3. The maximum atomic E-state index is 6.47. The SMILES string of the molecule is c1ccc2c(c1)OB1c3cnc(-n4c5ccccc5c5ccccc54)nc3Oc3cccc-2c31.